The fraction of sp³-hybridized carbons (Fsp3) is 0.357. The fourth-order valence-corrected chi connectivity index (χ4v) is 2.73. The number of fused-ring (bicyclic) bond motifs is 1. The molecule has 0 atom stereocenters. The molecule has 6 heteroatoms. The van der Waals surface area contributed by atoms with Gasteiger partial charge in [0.25, 0.3) is 0 Å². The minimum atomic E-state index is 0.657. The van der Waals surface area contributed by atoms with Crippen molar-refractivity contribution in [3.63, 3.8) is 0 Å². The minimum absolute atomic E-state index is 0.657. The molecule has 0 fully saturated rings. The van der Waals surface area contributed by atoms with Crippen LogP contribution in [0.3, 0.4) is 0 Å². The predicted octanol–water partition coefficient (Wildman–Crippen LogP) is 1.93. The Balaban J connectivity index is 1.69. The molecule has 20 heavy (non-hydrogen) atoms. The van der Waals surface area contributed by atoms with Gasteiger partial charge < -0.3 is 10.6 Å². The molecule has 0 aromatic carbocycles. The smallest absolute Gasteiger partial charge is 0.198 e. The predicted molar refractivity (Wildman–Crippen MR) is 81.6 cm³/mol. The highest BCUT2D eigenvalue weighted by Gasteiger charge is 2.16. The third kappa shape index (κ3) is 3.13. The molecule has 5 nitrogen and oxygen atoms in total. The summed E-state index contributed by atoms with van der Waals surface area (Å²) in [7, 11) is 0. The Kier molecular flexibility index (Phi) is 4.22. The second-order valence-electron chi connectivity index (χ2n) is 4.73. The molecule has 2 aromatic rings. The van der Waals surface area contributed by atoms with Crippen molar-refractivity contribution in [1.82, 2.24) is 20.3 Å². The molecule has 0 amide bonds. The highest BCUT2D eigenvalue weighted by molar-refractivity contribution is 9.10. The summed E-state index contributed by atoms with van der Waals surface area (Å²) >= 11 is 3.39. The summed E-state index contributed by atoms with van der Waals surface area (Å²) < 4.78 is 0.657. The van der Waals surface area contributed by atoms with E-state index in [1.54, 1.807) is 0 Å². The van der Waals surface area contributed by atoms with E-state index in [0.29, 0.717) is 4.73 Å². The number of rotatable bonds is 4. The Bertz CT molecular complexity index is 588. The van der Waals surface area contributed by atoms with E-state index in [0.717, 1.165) is 44.0 Å². The van der Waals surface area contributed by atoms with Gasteiger partial charge in [-0.15, -0.1) is 0 Å². The van der Waals surface area contributed by atoms with Crippen molar-refractivity contribution < 1.29 is 0 Å². The van der Waals surface area contributed by atoms with E-state index >= 15 is 0 Å². The van der Waals surface area contributed by atoms with E-state index in [-0.39, 0.29) is 0 Å². The summed E-state index contributed by atoms with van der Waals surface area (Å²) in [5, 5.41) is 6.79. The van der Waals surface area contributed by atoms with Gasteiger partial charge in [-0.2, -0.15) is 0 Å². The molecular weight excluding hydrogens is 318 g/mol. The number of hydrogen-bond acceptors (Lipinski definition) is 5. The zero-order chi connectivity index (χ0) is 13.8. The summed E-state index contributed by atoms with van der Waals surface area (Å²) in [5.41, 5.74) is 3.60. The van der Waals surface area contributed by atoms with Crippen LogP contribution in [0.25, 0.3) is 0 Å². The fourth-order valence-electron chi connectivity index (χ4n) is 2.33. The normalized spacial score (nSPS) is 13.8. The monoisotopic (exact) mass is 333 g/mol. The Morgan fingerprint density at radius 3 is 2.95 bits per heavy atom. The van der Waals surface area contributed by atoms with Gasteiger partial charge in [-0.1, -0.05) is 0 Å². The van der Waals surface area contributed by atoms with Crippen molar-refractivity contribution in [2.75, 3.05) is 18.4 Å². The maximum atomic E-state index is 4.46. The average molecular weight is 334 g/mol. The lowest BCUT2D eigenvalue weighted by Crippen LogP contribution is -2.26. The first kappa shape index (κ1) is 13.5. The van der Waals surface area contributed by atoms with Gasteiger partial charge in [0, 0.05) is 44.0 Å². The Hall–Kier alpha value is -1.53. The maximum absolute atomic E-state index is 4.46. The number of hydrogen-bond donors (Lipinski definition) is 2. The Labute approximate surface area is 126 Å². The van der Waals surface area contributed by atoms with Crippen LogP contribution in [0.4, 0.5) is 5.82 Å². The van der Waals surface area contributed by atoms with Crippen LogP contribution in [0.2, 0.25) is 0 Å². The van der Waals surface area contributed by atoms with Gasteiger partial charge in [-0.25, -0.2) is 9.97 Å². The molecule has 0 aliphatic carbocycles. The number of aromatic nitrogens is 3. The number of nitrogens with zero attached hydrogens (tertiary/aromatic N) is 3. The first-order valence-corrected chi connectivity index (χ1v) is 7.51. The third-order valence-electron chi connectivity index (χ3n) is 3.36. The average Bonchev–Trinajstić information content (AvgIpc) is 2.48. The van der Waals surface area contributed by atoms with Crippen molar-refractivity contribution in [3.8, 4) is 0 Å². The van der Waals surface area contributed by atoms with E-state index < -0.39 is 0 Å². The van der Waals surface area contributed by atoms with Crippen LogP contribution in [0.5, 0.6) is 0 Å². The zero-order valence-corrected chi connectivity index (χ0v) is 12.7. The molecule has 0 radical (unpaired) electrons. The van der Waals surface area contributed by atoms with Crippen LogP contribution in [-0.2, 0) is 19.4 Å². The molecule has 3 heterocycles. The van der Waals surface area contributed by atoms with Crippen molar-refractivity contribution in [2.24, 2.45) is 0 Å². The van der Waals surface area contributed by atoms with E-state index in [1.807, 2.05) is 24.5 Å². The summed E-state index contributed by atoms with van der Waals surface area (Å²) in [5.74, 6) is 0.933. The molecule has 104 valence electrons. The summed E-state index contributed by atoms with van der Waals surface area (Å²) in [6.45, 7) is 2.66. The first-order valence-electron chi connectivity index (χ1n) is 6.72. The quantitative estimate of drug-likeness (QED) is 0.837. The summed E-state index contributed by atoms with van der Waals surface area (Å²) in [4.78, 5) is 12.9. The van der Waals surface area contributed by atoms with E-state index in [4.69, 9.17) is 0 Å². The summed E-state index contributed by atoms with van der Waals surface area (Å²) in [6.07, 6.45) is 5.55. The molecule has 1 aliphatic rings. The molecule has 3 rings (SSSR count). The first-order chi connectivity index (χ1) is 9.83. The number of nitrogens with one attached hydrogen (secondary N) is 2. The lowest BCUT2D eigenvalue weighted by Gasteiger charge is -2.19. The SMILES string of the molecule is Brc1nc2c(c(NCCc3ccncc3)n1)CNCC2. The van der Waals surface area contributed by atoms with E-state index in [9.17, 15) is 0 Å². The van der Waals surface area contributed by atoms with Crippen molar-refractivity contribution in [2.45, 2.75) is 19.4 Å². The minimum Gasteiger partial charge on any atom is -0.369 e. The van der Waals surface area contributed by atoms with Gasteiger partial charge in [0.1, 0.15) is 5.82 Å². The topological polar surface area (TPSA) is 62.7 Å². The van der Waals surface area contributed by atoms with E-state index in [2.05, 4.69) is 41.5 Å². The molecular formula is C14H16BrN5. The van der Waals surface area contributed by atoms with E-state index in [1.165, 1.54) is 11.1 Å². The van der Waals surface area contributed by atoms with Crippen molar-refractivity contribution in [3.05, 3.63) is 46.1 Å². The van der Waals surface area contributed by atoms with Gasteiger partial charge in [0.2, 0.25) is 0 Å². The number of pyridine rings is 1. The van der Waals surface area contributed by atoms with Gasteiger partial charge in [0.05, 0.1) is 5.69 Å². The van der Waals surface area contributed by atoms with Gasteiger partial charge in [-0.3, -0.25) is 4.98 Å². The zero-order valence-electron chi connectivity index (χ0n) is 11.1. The van der Waals surface area contributed by atoms with Crippen LogP contribution in [-0.4, -0.2) is 28.0 Å². The van der Waals surface area contributed by atoms with Crippen LogP contribution in [0.1, 0.15) is 16.8 Å². The largest absolute Gasteiger partial charge is 0.369 e. The second kappa shape index (κ2) is 6.28. The second-order valence-corrected chi connectivity index (χ2v) is 5.43. The third-order valence-corrected chi connectivity index (χ3v) is 3.72. The summed E-state index contributed by atoms with van der Waals surface area (Å²) in [6, 6.07) is 4.07. The molecule has 0 bridgehead atoms. The van der Waals surface area contributed by atoms with Gasteiger partial charge in [0.15, 0.2) is 4.73 Å². The number of anilines is 1. The van der Waals surface area contributed by atoms with Gasteiger partial charge in [-0.05, 0) is 40.0 Å². The molecule has 2 aromatic heterocycles. The molecule has 0 saturated carbocycles. The molecule has 0 spiro atoms. The van der Waals surface area contributed by atoms with Crippen LogP contribution in [0, 0.1) is 0 Å². The Morgan fingerprint density at radius 2 is 2.10 bits per heavy atom. The number of halogens is 1. The van der Waals surface area contributed by atoms with Crippen LogP contribution >= 0.6 is 15.9 Å². The highest BCUT2D eigenvalue weighted by atomic mass is 79.9. The molecule has 2 N–H and O–H groups in total. The van der Waals surface area contributed by atoms with Crippen LogP contribution < -0.4 is 10.6 Å². The standard InChI is InChI=1S/C14H16BrN5/c15-14-19-12-4-7-17-9-11(12)13(20-14)18-8-3-10-1-5-16-6-2-10/h1-2,5-6,17H,3-4,7-9H2,(H,18,19,20). The molecule has 0 saturated heterocycles. The lowest BCUT2D eigenvalue weighted by molar-refractivity contribution is 0.625. The van der Waals surface area contributed by atoms with Gasteiger partial charge >= 0.3 is 0 Å². The molecule has 0 unspecified atom stereocenters. The molecule has 1 aliphatic heterocycles. The van der Waals surface area contributed by atoms with Crippen LogP contribution in [0.15, 0.2) is 29.3 Å². The van der Waals surface area contributed by atoms with Crippen molar-refractivity contribution >= 4 is 21.7 Å². The maximum Gasteiger partial charge on any atom is 0.198 e. The lowest BCUT2D eigenvalue weighted by atomic mass is 10.1. The Morgan fingerprint density at radius 1 is 1.25 bits per heavy atom. The van der Waals surface area contributed by atoms with Crippen molar-refractivity contribution in [1.29, 1.82) is 0 Å². The highest BCUT2D eigenvalue weighted by Crippen LogP contribution is 2.21.